The van der Waals surface area contributed by atoms with Crippen LogP contribution in [0.25, 0.3) is 33.5 Å². The van der Waals surface area contributed by atoms with Crippen molar-refractivity contribution in [2.45, 2.75) is 6.04 Å². The second kappa shape index (κ2) is 5.41. The maximum atomic E-state index is 14.0. The Morgan fingerprint density at radius 1 is 1.04 bits per heavy atom. The average molecular weight is 345 g/mol. The SMILES string of the molecule is COc1cc2nc(-c3cccc4c3-c3ccccc3C4N)[nH]c2cc1F. The third-order valence-corrected chi connectivity index (χ3v) is 5.01. The van der Waals surface area contributed by atoms with E-state index in [0.29, 0.717) is 16.9 Å². The van der Waals surface area contributed by atoms with Crippen molar-refractivity contribution in [3.63, 3.8) is 0 Å². The summed E-state index contributed by atoms with van der Waals surface area (Å²) in [5.74, 6) is 0.454. The van der Waals surface area contributed by atoms with Crippen LogP contribution in [0.3, 0.4) is 0 Å². The zero-order chi connectivity index (χ0) is 17.8. The number of rotatable bonds is 2. The van der Waals surface area contributed by atoms with Crippen molar-refractivity contribution >= 4 is 11.0 Å². The topological polar surface area (TPSA) is 63.9 Å². The van der Waals surface area contributed by atoms with Gasteiger partial charge in [0, 0.05) is 17.7 Å². The number of hydrogen-bond acceptors (Lipinski definition) is 3. The fourth-order valence-corrected chi connectivity index (χ4v) is 3.79. The van der Waals surface area contributed by atoms with Crippen LogP contribution < -0.4 is 10.5 Å². The van der Waals surface area contributed by atoms with E-state index in [4.69, 9.17) is 10.5 Å². The van der Waals surface area contributed by atoms with Crippen molar-refractivity contribution in [1.29, 1.82) is 0 Å². The monoisotopic (exact) mass is 345 g/mol. The molecule has 26 heavy (non-hydrogen) atoms. The van der Waals surface area contributed by atoms with Gasteiger partial charge in [0.2, 0.25) is 0 Å². The Morgan fingerprint density at radius 2 is 1.81 bits per heavy atom. The lowest BCUT2D eigenvalue weighted by atomic mass is 9.99. The number of nitrogens with zero attached hydrogens (tertiary/aromatic N) is 1. The number of methoxy groups -OCH3 is 1. The molecule has 3 N–H and O–H groups in total. The lowest BCUT2D eigenvalue weighted by Gasteiger charge is -2.08. The molecular weight excluding hydrogens is 329 g/mol. The van der Waals surface area contributed by atoms with E-state index in [-0.39, 0.29) is 11.8 Å². The van der Waals surface area contributed by atoms with Crippen molar-refractivity contribution in [1.82, 2.24) is 9.97 Å². The summed E-state index contributed by atoms with van der Waals surface area (Å²) in [4.78, 5) is 7.90. The Hall–Kier alpha value is -3.18. The van der Waals surface area contributed by atoms with Gasteiger partial charge in [-0.2, -0.15) is 0 Å². The lowest BCUT2D eigenvalue weighted by Crippen LogP contribution is -2.07. The van der Waals surface area contributed by atoms with Crippen LogP contribution in [0.15, 0.2) is 54.6 Å². The van der Waals surface area contributed by atoms with Crippen molar-refractivity contribution in [2.24, 2.45) is 5.73 Å². The number of aromatic amines is 1. The van der Waals surface area contributed by atoms with Gasteiger partial charge in [-0.1, -0.05) is 42.5 Å². The highest BCUT2D eigenvalue weighted by atomic mass is 19.1. The van der Waals surface area contributed by atoms with E-state index in [0.717, 1.165) is 27.8 Å². The molecule has 4 nitrogen and oxygen atoms in total. The Kier molecular flexibility index (Phi) is 3.14. The minimum atomic E-state index is -0.416. The summed E-state index contributed by atoms with van der Waals surface area (Å²) < 4.78 is 19.1. The van der Waals surface area contributed by atoms with Crippen LogP contribution in [0, 0.1) is 5.82 Å². The van der Waals surface area contributed by atoms with Crippen molar-refractivity contribution < 1.29 is 9.13 Å². The molecule has 5 heteroatoms. The number of aromatic nitrogens is 2. The van der Waals surface area contributed by atoms with E-state index in [1.54, 1.807) is 6.07 Å². The van der Waals surface area contributed by atoms with Gasteiger partial charge in [-0.15, -0.1) is 0 Å². The van der Waals surface area contributed by atoms with Gasteiger partial charge >= 0.3 is 0 Å². The number of halogens is 1. The van der Waals surface area contributed by atoms with Gasteiger partial charge in [-0.05, 0) is 22.3 Å². The first-order valence-electron chi connectivity index (χ1n) is 8.39. The van der Waals surface area contributed by atoms with Crippen LogP contribution in [0.1, 0.15) is 17.2 Å². The number of nitrogens with two attached hydrogens (primary N) is 1. The number of H-pyrrole nitrogens is 1. The van der Waals surface area contributed by atoms with Crippen LogP contribution >= 0.6 is 0 Å². The first-order chi connectivity index (χ1) is 12.7. The molecule has 0 spiro atoms. The van der Waals surface area contributed by atoms with Crippen molar-refractivity contribution in [3.8, 4) is 28.3 Å². The quantitative estimate of drug-likeness (QED) is 0.566. The second-order valence-corrected chi connectivity index (χ2v) is 6.42. The number of nitrogens with one attached hydrogen (secondary N) is 1. The van der Waals surface area contributed by atoms with E-state index < -0.39 is 5.82 Å². The highest BCUT2D eigenvalue weighted by molar-refractivity contribution is 5.91. The van der Waals surface area contributed by atoms with Crippen LogP contribution in [-0.4, -0.2) is 17.1 Å². The number of fused-ring (bicyclic) bond motifs is 4. The molecule has 4 aromatic rings. The molecule has 0 fully saturated rings. The van der Waals surface area contributed by atoms with E-state index in [9.17, 15) is 4.39 Å². The second-order valence-electron chi connectivity index (χ2n) is 6.42. The molecule has 0 saturated heterocycles. The molecule has 1 unspecified atom stereocenters. The molecule has 1 atom stereocenters. The zero-order valence-electron chi connectivity index (χ0n) is 14.1. The van der Waals surface area contributed by atoms with Gasteiger partial charge in [0.1, 0.15) is 5.82 Å². The van der Waals surface area contributed by atoms with Crippen LogP contribution in [-0.2, 0) is 0 Å². The Labute approximate surface area is 149 Å². The highest BCUT2D eigenvalue weighted by Gasteiger charge is 2.28. The standard InChI is InChI=1S/C21H16FN3O/c1-26-18-10-17-16(9-15(18)22)24-21(25-17)14-8-4-7-13-19(14)11-5-2-3-6-12(11)20(13)23/h2-10,20H,23H2,1H3,(H,24,25). The Morgan fingerprint density at radius 3 is 2.65 bits per heavy atom. The van der Waals surface area contributed by atoms with Crippen molar-refractivity contribution in [2.75, 3.05) is 7.11 Å². The predicted molar refractivity (Wildman–Crippen MR) is 99.5 cm³/mol. The van der Waals surface area contributed by atoms with Crippen molar-refractivity contribution in [3.05, 3.63) is 71.5 Å². The minimum absolute atomic E-state index is 0.150. The van der Waals surface area contributed by atoms with E-state index in [1.807, 2.05) is 24.3 Å². The largest absolute Gasteiger partial charge is 0.494 e. The molecule has 0 radical (unpaired) electrons. The number of benzene rings is 3. The summed E-state index contributed by atoms with van der Waals surface area (Å²) >= 11 is 0. The van der Waals surface area contributed by atoms with Crippen LogP contribution in [0.4, 0.5) is 4.39 Å². The first kappa shape index (κ1) is 15.1. The summed E-state index contributed by atoms with van der Waals surface area (Å²) in [6.07, 6.45) is 0. The molecule has 128 valence electrons. The normalized spacial score (nSPS) is 15.1. The van der Waals surface area contributed by atoms with Gasteiger partial charge in [0.25, 0.3) is 0 Å². The molecular formula is C21H16FN3O. The Bertz CT molecular complexity index is 1170. The summed E-state index contributed by atoms with van der Waals surface area (Å²) in [6, 6.07) is 17.1. The van der Waals surface area contributed by atoms with E-state index in [1.165, 1.54) is 13.2 Å². The summed E-state index contributed by atoms with van der Waals surface area (Å²) in [5, 5.41) is 0. The fraction of sp³-hybridized carbons (Fsp3) is 0.0952. The maximum absolute atomic E-state index is 14.0. The van der Waals surface area contributed by atoms with Gasteiger partial charge in [-0.3, -0.25) is 0 Å². The molecule has 1 heterocycles. The van der Waals surface area contributed by atoms with Crippen LogP contribution in [0.5, 0.6) is 5.75 Å². The van der Waals surface area contributed by atoms with Gasteiger partial charge < -0.3 is 15.5 Å². The molecule has 0 saturated carbocycles. The summed E-state index contributed by atoms with van der Waals surface area (Å²) in [7, 11) is 1.44. The van der Waals surface area contributed by atoms with Crippen LogP contribution in [0.2, 0.25) is 0 Å². The molecule has 5 rings (SSSR count). The zero-order valence-corrected chi connectivity index (χ0v) is 14.1. The number of imidazole rings is 1. The summed E-state index contributed by atoms with van der Waals surface area (Å²) in [5.41, 5.74) is 13.1. The molecule has 0 aliphatic heterocycles. The van der Waals surface area contributed by atoms with Gasteiger partial charge in [0.05, 0.1) is 24.2 Å². The van der Waals surface area contributed by atoms with Gasteiger partial charge in [-0.25, -0.2) is 9.37 Å². The molecule has 1 aromatic heterocycles. The average Bonchev–Trinajstić information content (AvgIpc) is 3.20. The van der Waals surface area contributed by atoms with E-state index >= 15 is 0 Å². The third kappa shape index (κ3) is 2.01. The smallest absolute Gasteiger partial charge is 0.167 e. The molecule has 3 aromatic carbocycles. The predicted octanol–water partition coefficient (Wildman–Crippen LogP) is 4.41. The highest BCUT2D eigenvalue weighted by Crippen LogP contribution is 2.46. The number of hydrogen-bond donors (Lipinski definition) is 2. The third-order valence-electron chi connectivity index (χ3n) is 5.01. The fourth-order valence-electron chi connectivity index (χ4n) is 3.79. The molecule has 0 bridgehead atoms. The van der Waals surface area contributed by atoms with Gasteiger partial charge in [0.15, 0.2) is 11.6 Å². The molecule has 1 aliphatic carbocycles. The maximum Gasteiger partial charge on any atom is 0.167 e. The number of ether oxygens (including phenoxy) is 1. The Balaban J connectivity index is 1.76. The summed E-state index contributed by atoms with van der Waals surface area (Å²) in [6.45, 7) is 0. The van der Waals surface area contributed by atoms with E-state index in [2.05, 4.69) is 28.2 Å². The first-order valence-corrected chi connectivity index (χ1v) is 8.39. The molecule has 1 aliphatic rings. The lowest BCUT2D eigenvalue weighted by molar-refractivity contribution is 0.387. The minimum Gasteiger partial charge on any atom is -0.494 e. The molecule has 0 amide bonds.